The highest BCUT2D eigenvalue weighted by Gasteiger charge is 2.02. The lowest BCUT2D eigenvalue weighted by Crippen LogP contribution is -2.31. The van der Waals surface area contributed by atoms with Gasteiger partial charge in [-0.25, -0.2) is 0 Å². The molecule has 0 amide bonds. The van der Waals surface area contributed by atoms with Gasteiger partial charge in [0.15, 0.2) is 0 Å². The van der Waals surface area contributed by atoms with Crippen molar-refractivity contribution in [3.05, 3.63) is 0 Å². The van der Waals surface area contributed by atoms with E-state index in [0.717, 1.165) is 6.54 Å². The van der Waals surface area contributed by atoms with E-state index < -0.39 is 0 Å². The van der Waals surface area contributed by atoms with Crippen LogP contribution in [-0.2, 0) is 4.74 Å². The minimum Gasteiger partial charge on any atom is -0.389 e. The van der Waals surface area contributed by atoms with E-state index in [1.165, 1.54) is 51.4 Å². The molecule has 3 heteroatoms. The van der Waals surface area contributed by atoms with Crippen LogP contribution in [0.1, 0.15) is 65.2 Å². The van der Waals surface area contributed by atoms with Crippen LogP contribution < -0.4 is 5.32 Å². The van der Waals surface area contributed by atoms with Crippen molar-refractivity contribution in [2.45, 2.75) is 71.3 Å². The van der Waals surface area contributed by atoms with Crippen LogP contribution >= 0.6 is 0 Å². The lowest BCUT2D eigenvalue weighted by molar-refractivity contribution is 0.0429. The maximum Gasteiger partial charge on any atom is 0.0897 e. The second-order valence-electron chi connectivity index (χ2n) is 4.99. The Labute approximate surface area is 113 Å². The number of aliphatic hydroxyl groups is 1. The molecule has 0 aliphatic heterocycles. The largest absolute Gasteiger partial charge is 0.389 e. The normalized spacial score (nSPS) is 12.8. The molecule has 0 aromatic carbocycles. The summed E-state index contributed by atoms with van der Waals surface area (Å²) in [5.74, 6) is 0. The van der Waals surface area contributed by atoms with Crippen molar-refractivity contribution in [1.29, 1.82) is 0 Å². The molecule has 0 aromatic heterocycles. The predicted octanol–water partition coefficient (Wildman–Crippen LogP) is 3.11. The Kier molecular flexibility index (Phi) is 14.8. The second-order valence-corrected chi connectivity index (χ2v) is 4.99. The standard InChI is InChI=1S/C15H33NO2/c1-3-5-6-7-8-9-10-11-12-16-13-15(17)14-18-4-2/h15-17H,3-14H2,1-2H3. The molecule has 0 fully saturated rings. The van der Waals surface area contributed by atoms with E-state index in [4.69, 9.17) is 4.74 Å². The Balaban J connectivity index is 3.02. The van der Waals surface area contributed by atoms with Gasteiger partial charge in [-0.3, -0.25) is 0 Å². The summed E-state index contributed by atoms with van der Waals surface area (Å²) in [5, 5.41) is 12.8. The van der Waals surface area contributed by atoms with Crippen LogP contribution in [0.4, 0.5) is 0 Å². The first-order valence-electron chi connectivity index (χ1n) is 7.77. The monoisotopic (exact) mass is 259 g/mol. The number of rotatable bonds is 14. The Hall–Kier alpha value is -0.120. The van der Waals surface area contributed by atoms with Gasteiger partial charge in [-0.2, -0.15) is 0 Å². The Morgan fingerprint density at radius 2 is 1.56 bits per heavy atom. The van der Waals surface area contributed by atoms with E-state index >= 15 is 0 Å². The highest BCUT2D eigenvalue weighted by molar-refractivity contribution is 4.58. The Morgan fingerprint density at radius 3 is 2.17 bits per heavy atom. The molecule has 0 bridgehead atoms. The average Bonchev–Trinajstić information content (AvgIpc) is 2.38. The molecular formula is C15H33NO2. The molecule has 0 spiro atoms. The summed E-state index contributed by atoms with van der Waals surface area (Å²) in [4.78, 5) is 0. The molecule has 2 N–H and O–H groups in total. The maximum atomic E-state index is 9.52. The summed E-state index contributed by atoms with van der Waals surface area (Å²) in [5.41, 5.74) is 0. The topological polar surface area (TPSA) is 41.5 Å². The lowest BCUT2D eigenvalue weighted by atomic mass is 10.1. The van der Waals surface area contributed by atoms with E-state index in [0.29, 0.717) is 19.8 Å². The summed E-state index contributed by atoms with van der Waals surface area (Å²) in [6.07, 6.45) is 10.4. The number of nitrogens with one attached hydrogen (secondary N) is 1. The van der Waals surface area contributed by atoms with Crippen molar-refractivity contribution in [2.75, 3.05) is 26.3 Å². The predicted molar refractivity (Wildman–Crippen MR) is 78.0 cm³/mol. The zero-order chi connectivity index (χ0) is 13.5. The van der Waals surface area contributed by atoms with Crippen LogP contribution in [0.5, 0.6) is 0 Å². The van der Waals surface area contributed by atoms with E-state index in [-0.39, 0.29) is 6.10 Å². The fraction of sp³-hybridized carbons (Fsp3) is 1.00. The molecule has 0 saturated carbocycles. The summed E-state index contributed by atoms with van der Waals surface area (Å²) in [6, 6.07) is 0. The molecule has 3 nitrogen and oxygen atoms in total. The van der Waals surface area contributed by atoms with E-state index in [9.17, 15) is 5.11 Å². The Bertz CT molecular complexity index is 153. The lowest BCUT2D eigenvalue weighted by Gasteiger charge is -2.11. The molecule has 0 aromatic rings. The second kappa shape index (κ2) is 14.9. The van der Waals surface area contributed by atoms with Gasteiger partial charge >= 0.3 is 0 Å². The van der Waals surface area contributed by atoms with Crippen LogP contribution in [0.3, 0.4) is 0 Å². The molecule has 1 unspecified atom stereocenters. The van der Waals surface area contributed by atoms with Gasteiger partial charge in [-0.1, -0.05) is 51.9 Å². The summed E-state index contributed by atoms with van der Waals surface area (Å²) in [7, 11) is 0. The first-order valence-corrected chi connectivity index (χ1v) is 7.77. The maximum absolute atomic E-state index is 9.52. The third-order valence-corrected chi connectivity index (χ3v) is 3.10. The number of hydrogen-bond acceptors (Lipinski definition) is 3. The number of unbranched alkanes of at least 4 members (excludes halogenated alkanes) is 7. The van der Waals surface area contributed by atoms with Crippen molar-refractivity contribution in [1.82, 2.24) is 5.32 Å². The molecule has 110 valence electrons. The van der Waals surface area contributed by atoms with Crippen molar-refractivity contribution in [3.63, 3.8) is 0 Å². The molecule has 0 heterocycles. The summed E-state index contributed by atoms with van der Waals surface area (Å²) < 4.78 is 5.15. The molecule has 0 rings (SSSR count). The minimum absolute atomic E-state index is 0.362. The van der Waals surface area contributed by atoms with Gasteiger partial charge in [-0.05, 0) is 19.9 Å². The molecule has 0 radical (unpaired) electrons. The van der Waals surface area contributed by atoms with E-state index in [2.05, 4.69) is 12.2 Å². The fourth-order valence-electron chi connectivity index (χ4n) is 1.97. The zero-order valence-corrected chi connectivity index (χ0v) is 12.4. The molecule has 18 heavy (non-hydrogen) atoms. The Morgan fingerprint density at radius 1 is 0.944 bits per heavy atom. The first-order chi connectivity index (χ1) is 8.81. The SMILES string of the molecule is CCCCCCCCCCNCC(O)COCC. The van der Waals surface area contributed by atoms with Crippen molar-refractivity contribution in [2.24, 2.45) is 0 Å². The first kappa shape index (κ1) is 17.9. The van der Waals surface area contributed by atoms with Crippen LogP contribution in [0.25, 0.3) is 0 Å². The average molecular weight is 259 g/mol. The third-order valence-electron chi connectivity index (χ3n) is 3.10. The molecule has 1 atom stereocenters. The highest BCUT2D eigenvalue weighted by Crippen LogP contribution is 2.07. The highest BCUT2D eigenvalue weighted by atomic mass is 16.5. The zero-order valence-electron chi connectivity index (χ0n) is 12.4. The van der Waals surface area contributed by atoms with Crippen LogP contribution in [0.15, 0.2) is 0 Å². The number of hydrogen-bond donors (Lipinski definition) is 2. The fourth-order valence-corrected chi connectivity index (χ4v) is 1.97. The van der Waals surface area contributed by atoms with Crippen molar-refractivity contribution in [3.8, 4) is 0 Å². The minimum atomic E-state index is -0.362. The quantitative estimate of drug-likeness (QED) is 0.471. The van der Waals surface area contributed by atoms with E-state index in [1.54, 1.807) is 0 Å². The summed E-state index contributed by atoms with van der Waals surface area (Å²) >= 11 is 0. The molecular weight excluding hydrogens is 226 g/mol. The molecule has 0 aliphatic rings. The molecule has 0 aliphatic carbocycles. The molecule has 0 saturated heterocycles. The van der Waals surface area contributed by atoms with Crippen molar-refractivity contribution < 1.29 is 9.84 Å². The van der Waals surface area contributed by atoms with Crippen molar-refractivity contribution >= 4 is 0 Å². The van der Waals surface area contributed by atoms with Crippen LogP contribution in [0, 0.1) is 0 Å². The van der Waals surface area contributed by atoms with Gasteiger partial charge in [0, 0.05) is 13.2 Å². The van der Waals surface area contributed by atoms with Crippen LogP contribution in [0.2, 0.25) is 0 Å². The van der Waals surface area contributed by atoms with Gasteiger partial charge in [0.25, 0.3) is 0 Å². The van der Waals surface area contributed by atoms with Crippen LogP contribution in [-0.4, -0.2) is 37.5 Å². The van der Waals surface area contributed by atoms with Gasteiger partial charge in [0.2, 0.25) is 0 Å². The van der Waals surface area contributed by atoms with Gasteiger partial charge in [0.1, 0.15) is 0 Å². The summed E-state index contributed by atoms with van der Waals surface area (Å²) in [6.45, 7) is 6.98. The number of aliphatic hydroxyl groups excluding tert-OH is 1. The number of ether oxygens (including phenoxy) is 1. The van der Waals surface area contributed by atoms with Gasteiger partial charge < -0.3 is 15.2 Å². The van der Waals surface area contributed by atoms with Gasteiger partial charge in [-0.15, -0.1) is 0 Å². The third kappa shape index (κ3) is 13.9. The van der Waals surface area contributed by atoms with E-state index in [1.807, 2.05) is 6.92 Å². The van der Waals surface area contributed by atoms with Gasteiger partial charge in [0.05, 0.1) is 12.7 Å². The smallest absolute Gasteiger partial charge is 0.0897 e.